The summed E-state index contributed by atoms with van der Waals surface area (Å²) >= 11 is 1.62. The maximum atomic E-state index is 13.1. The molecule has 0 saturated carbocycles. The van der Waals surface area contributed by atoms with Crippen molar-refractivity contribution in [1.82, 2.24) is 4.57 Å². The van der Waals surface area contributed by atoms with Gasteiger partial charge in [-0.2, -0.15) is 0 Å². The number of nitrogens with one attached hydrogen (secondary N) is 1. The number of rotatable bonds is 3. The van der Waals surface area contributed by atoms with E-state index in [-0.39, 0.29) is 11.8 Å². The fourth-order valence-electron chi connectivity index (χ4n) is 3.53. The second-order valence-electron chi connectivity index (χ2n) is 6.77. The Kier molecular flexibility index (Phi) is 4.36. The van der Waals surface area contributed by atoms with E-state index in [1.165, 1.54) is 0 Å². The van der Waals surface area contributed by atoms with Gasteiger partial charge in [-0.25, -0.2) is 0 Å². The molecule has 1 aliphatic rings. The molecule has 2 aromatic heterocycles. The van der Waals surface area contributed by atoms with Crippen molar-refractivity contribution in [3.05, 3.63) is 64.3 Å². The number of aromatic nitrogens is 1. The molecule has 5 nitrogen and oxygen atoms in total. The molecule has 27 heavy (non-hydrogen) atoms. The van der Waals surface area contributed by atoms with Gasteiger partial charge in [0.15, 0.2) is 0 Å². The van der Waals surface area contributed by atoms with Crippen LogP contribution in [0.3, 0.4) is 0 Å². The molecule has 0 unspecified atom stereocenters. The van der Waals surface area contributed by atoms with Crippen LogP contribution < -0.4 is 10.2 Å². The molecule has 1 aliphatic heterocycles. The van der Waals surface area contributed by atoms with Crippen LogP contribution in [0.4, 0.5) is 11.4 Å². The lowest BCUT2D eigenvalue weighted by atomic mass is 10.1. The fraction of sp³-hybridized carbons (Fsp3) is 0.238. The molecule has 3 aromatic rings. The van der Waals surface area contributed by atoms with E-state index < -0.39 is 0 Å². The molecule has 2 amide bonds. The number of anilines is 2. The molecular weight excluding hydrogens is 358 g/mol. The molecule has 4 rings (SSSR count). The predicted octanol–water partition coefficient (Wildman–Crippen LogP) is 4.32. The number of carbonyl (C=O) groups is 2. The molecule has 0 aliphatic carbocycles. The maximum Gasteiger partial charge on any atom is 0.258 e. The lowest BCUT2D eigenvalue weighted by Crippen LogP contribution is -2.25. The number of amides is 2. The molecule has 0 spiro atoms. The van der Waals surface area contributed by atoms with Gasteiger partial charge >= 0.3 is 0 Å². The van der Waals surface area contributed by atoms with Gasteiger partial charge in [0.25, 0.3) is 5.91 Å². The summed E-state index contributed by atoms with van der Waals surface area (Å²) in [5.41, 5.74) is 4.50. The predicted molar refractivity (Wildman–Crippen MR) is 109 cm³/mol. The maximum absolute atomic E-state index is 13.1. The molecular formula is C21H21N3O2S. The lowest BCUT2D eigenvalue weighted by Gasteiger charge is -2.15. The van der Waals surface area contributed by atoms with Crippen LogP contribution in [-0.4, -0.2) is 22.9 Å². The van der Waals surface area contributed by atoms with Crippen LogP contribution in [0.1, 0.15) is 33.3 Å². The van der Waals surface area contributed by atoms with Crippen molar-refractivity contribution in [3.8, 4) is 5.00 Å². The van der Waals surface area contributed by atoms with E-state index in [2.05, 4.69) is 5.32 Å². The molecule has 138 valence electrons. The zero-order valence-electron chi connectivity index (χ0n) is 15.6. The number of hydrogen-bond acceptors (Lipinski definition) is 3. The van der Waals surface area contributed by atoms with Crippen LogP contribution in [0.2, 0.25) is 0 Å². The highest BCUT2D eigenvalue weighted by molar-refractivity contribution is 7.15. The Balaban J connectivity index is 1.64. The van der Waals surface area contributed by atoms with Gasteiger partial charge in [-0.15, -0.1) is 11.3 Å². The van der Waals surface area contributed by atoms with Crippen molar-refractivity contribution in [3.63, 3.8) is 0 Å². The Morgan fingerprint density at radius 1 is 1.15 bits per heavy atom. The van der Waals surface area contributed by atoms with E-state index in [9.17, 15) is 9.59 Å². The summed E-state index contributed by atoms with van der Waals surface area (Å²) in [4.78, 5) is 27.7. The summed E-state index contributed by atoms with van der Waals surface area (Å²) in [6, 6.07) is 9.65. The van der Waals surface area contributed by atoms with Gasteiger partial charge in [0.2, 0.25) is 5.91 Å². The van der Waals surface area contributed by atoms with Crippen LogP contribution in [0.15, 0.2) is 42.7 Å². The Morgan fingerprint density at radius 3 is 2.59 bits per heavy atom. The third-order valence-corrected chi connectivity index (χ3v) is 6.27. The summed E-state index contributed by atoms with van der Waals surface area (Å²) in [7, 11) is 0. The molecule has 0 bridgehead atoms. The first kappa shape index (κ1) is 17.5. The number of benzene rings is 1. The molecule has 1 N–H and O–H groups in total. The standard InChI is InChI=1S/C21H21N3O2S/c1-13-14(2)27-21(23-9-4-5-10-23)19(13)20(26)22-17-6-7-18-16(12-17)8-11-24(18)15(3)25/h4-7,9-10,12H,8,11H2,1-3H3,(H,22,26). The topological polar surface area (TPSA) is 54.3 Å². The zero-order valence-corrected chi connectivity index (χ0v) is 16.4. The Hall–Kier alpha value is -2.86. The van der Waals surface area contributed by atoms with Crippen molar-refractivity contribution in [2.45, 2.75) is 27.2 Å². The summed E-state index contributed by atoms with van der Waals surface area (Å²) < 4.78 is 1.98. The van der Waals surface area contributed by atoms with Crippen LogP contribution in [0.25, 0.3) is 5.00 Å². The van der Waals surface area contributed by atoms with Crippen molar-refractivity contribution < 1.29 is 9.59 Å². The highest BCUT2D eigenvalue weighted by atomic mass is 32.1. The van der Waals surface area contributed by atoms with E-state index in [0.717, 1.165) is 38.8 Å². The summed E-state index contributed by atoms with van der Waals surface area (Å²) in [5.74, 6) is -0.0619. The van der Waals surface area contributed by atoms with Crippen LogP contribution in [-0.2, 0) is 11.2 Å². The molecule has 0 fully saturated rings. The van der Waals surface area contributed by atoms with Crippen molar-refractivity contribution in [1.29, 1.82) is 0 Å². The van der Waals surface area contributed by atoms with Crippen molar-refractivity contribution in [2.24, 2.45) is 0 Å². The average molecular weight is 379 g/mol. The first-order chi connectivity index (χ1) is 13.0. The number of hydrogen-bond donors (Lipinski definition) is 1. The highest BCUT2D eigenvalue weighted by Crippen LogP contribution is 2.33. The van der Waals surface area contributed by atoms with E-state index in [1.807, 2.05) is 61.1 Å². The monoisotopic (exact) mass is 379 g/mol. The minimum absolute atomic E-state index is 0.0475. The molecule has 1 aromatic carbocycles. The van der Waals surface area contributed by atoms with Crippen molar-refractivity contribution >= 4 is 34.5 Å². The molecule has 0 atom stereocenters. The number of aryl methyl sites for hydroxylation is 1. The second-order valence-corrected chi connectivity index (χ2v) is 7.98. The van der Waals surface area contributed by atoms with E-state index in [1.54, 1.807) is 23.2 Å². The third kappa shape index (κ3) is 3.06. The van der Waals surface area contributed by atoms with Gasteiger partial charge in [-0.05, 0) is 61.7 Å². The summed E-state index contributed by atoms with van der Waals surface area (Å²) in [5, 5.41) is 3.97. The smallest absolute Gasteiger partial charge is 0.258 e. The second kappa shape index (κ2) is 6.70. The quantitative estimate of drug-likeness (QED) is 0.737. The van der Waals surface area contributed by atoms with Crippen LogP contribution >= 0.6 is 11.3 Å². The van der Waals surface area contributed by atoms with Gasteiger partial charge in [-0.3, -0.25) is 9.59 Å². The van der Waals surface area contributed by atoms with E-state index in [0.29, 0.717) is 12.1 Å². The molecule has 0 saturated heterocycles. The minimum atomic E-state index is -0.109. The average Bonchev–Trinajstić information content (AvgIpc) is 3.34. The van der Waals surface area contributed by atoms with Gasteiger partial charge in [-0.1, -0.05) is 0 Å². The Bertz CT molecular complexity index is 1030. The first-order valence-electron chi connectivity index (χ1n) is 8.91. The molecule has 0 radical (unpaired) electrons. The zero-order chi connectivity index (χ0) is 19.1. The molecule has 6 heteroatoms. The van der Waals surface area contributed by atoms with E-state index in [4.69, 9.17) is 0 Å². The van der Waals surface area contributed by atoms with Gasteiger partial charge in [0, 0.05) is 42.1 Å². The number of nitrogens with zero attached hydrogens (tertiary/aromatic N) is 2. The Morgan fingerprint density at radius 2 is 1.89 bits per heavy atom. The largest absolute Gasteiger partial charge is 0.322 e. The third-order valence-electron chi connectivity index (χ3n) is 5.05. The number of carbonyl (C=O) groups excluding carboxylic acids is 2. The number of fused-ring (bicyclic) bond motifs is 1. The Labute approximate surface area is 162 Å². The van der Waals surface area contributed by atoms with Gasteiger partial charge in [0.05, 0.1) is 5.56 Å². The van der Waals surface area contributed by atoms with Crippen molar-refractivity contribution in [2.75, 3.05) is 16.8 Å². The van der Waals surface area contributed by atoms with Crippen LogP contribution in [0, 0.1) is 13.8 Å². The van der Waals surface area contributed by atoms with E-state index >= 15 is 0 Å². The number of thiophene rings is 1. The molecule has 3 heterocycles. The lowest BCUT2D eigenvalue weighted by molar-refractivity contribution is -0.116. The normalized spacial score (nSPS) is 12.9. The van der Waals surface area contributed by atoms with Gasteiger partial charge in [0.1, 0.15) is 5.00 Å². The minimum Gasteiger partial charge on any atom is -0.322 e. The van der Waals surface area contributed by atoms with Crippen LogP contribution in [0.5, 0.6) is 0 Å². The highest BCUT2D eigenvalue weighted by Gasteiger charge is 2.24. The first-order valence-corrected chi connectivity index (χ1v) is 9.73. The SMILES string of the molecule is CC(=O)N1CCc2cc(NC(=O)c3c(-n4cccc4)sc(C)c3C)ccc21. The summed E-state index contributed by atoms with van der Waals surface area (Å²) in [6.07, 6.45) is 4.71. The fourth-order valence-corrected chi connectivity index (χ4v) is 4.65. The van der Waals surface area contributed by atoms with Gasteiger partial charge < -0.3 is 14.8 Å². The summed E-state index contributed by atoms with van der Waals surface area (Å²) in [6.45, 7) is 6.30.